The molecular weight excluding hydrogens is 240 g/mol. The van der Waals surface area contributed by atoms with Crippen molar-refractivity contribution in [2.24, 2.45) is 0 Å². The first-order chi connectivity index (χ1) is 9.19. The zero-order valence-electron chi connectivity index (χ0n) is 11.5. The summed E-state index contributed by atoms with van der Waals surface area (Å²) in [6.45, 7) is 6.82. The summed E-state index contributed by atoms with van der Waals surface area (Å²) in [6.07, 6.45) is 4.24. The molecule has 1 aromatic heterocycles. The molecule has 0 atom stereocenters. The predicted molar refractivity (Wildman–Crippen MR) is 75.1 cm³/mol. The Labute approximate surface area is 114 Å². The lowest BCUT2D eigenvalue weighted by Crippen LogP contribution is -2.48. The van der Waals surface area contributed by atoms with E-state index in [0.29, 0.717) is 11.7 Å². The summed E-state index contributed by atoms with van der Waals surface area (Å²) in [7, 11) is 0. The van der Waals surface area contributed by atoms with Crippen LogP contribution in [-0.2, 0) is 0 Å². The second-order valence-corrected chi connectivity index (χ2v) is 5.52. The SMILES string of the molecule is CCN1CCN(C(=O)c2cc(N)cn2C2CC2)CC1. The summed E-state index contributed by atoms with van der Waals surface area (Å²) >= 11 is 0. The first-order valence-electron chi connectivity index (χ1n) is 7.18. The predicted octanol–water partition coefficient (Wildman–Crippen LogP) is 1.18. The second-order valence-electron chi connectivity index (χ2n) is 5.52. The fourth-order valence-corrected chi connectivity index (χ4v) is 2.76. The van der Waals surface area contributed by atoms with Crippen LogP contribution >= 0.6 is 0 Å². The highest BCUT2D eigenvalue weighted by Crippen LogP contribution is 2.37. The van der Waals surface area contributed by atoms with Crippen LogP contribution in [0.1, 0.15) is 36.3 Å². The van der Waals surface area contributed by atoms with Gasteiger partial charge in [-0.3, -0.25) is 4.79 Å². The number of hydrogen-bond acceptors (Lipinski definition) is 3. The summed E-state index contributed by atoms with van der Waals surface area (Å²) in [4.78, 5) is 16.9. The van der Waals surface area contributed by atoms with Crippen molar-refractivity contribution < 1.29 is 4.79 Å². The van der Waals surface area contributed by atoms with Gasteiger partial charge in [0.2, 0.25) is 0 Å². The molecule has 0 radical (unpaired) electrons. The van der Waals surface area contributed by atoms with Gasteiger partial charge in [0, 0.05) is 38.4 Å². The zero-order valence-corrected chi connectivity index (χ0v) is 11.5. The lowest BCUT2D eigenvalue weighted by Gasteiger charge is -2.34. The molecular formula is C14H22N4O. The number of hydrogen-bond donors (Lipinski definition) is 1. The highest BCUT2D eigenvalue weighted by atomic mass is 16.2. The van der Waals surface area contributed by atoms with E-state index in [1.165, 1.54) is 0 Å². The maximum absolute atomic E-state index is 12.6. The van der Waals surface area contributed by atoms with Crippen LogP contribution in [-0.4, -0.2) is 53.0 Å². The van der Waals surface area contributed by atoms with Crippen molar-refractivity contribution in [3.05, 3.63) is 18.0 Å². The van der Waals surface area contributed by atoms with Crippen molar-refractivity contribution in [2.75, 3.05) is 38.5 Å². The van der Waals surface area contributed by atoms with E-state index >= 15 is 0 Å². The number of amides is 1. The van der Waals surface area contributed by atoms with E-state index in [1.807, 2.05) is 17.2 Å². The normalized spacial score (nSPS) is 20.8. The van der Waals surface area contributed by atoms with Crippen LogP contribution in [0.15, 0.2) is 12.3 Å². The van der Waals surface area contributed by atoms with Gasteiger partial charge < -0.3 is 20.1 Å². The maximum atomic E-state index is 12.6. The monoisotopic (exact) mass is 262 g/mol. The first kappa shape index (κ1) is 12.5. The second kappa shape index (κ2) is 4.89. The van der Waals surface area contributed by atoms with Crippen molar-refractivity contribution >= 4 is 11.6 Å². The molecule has 2 N–H and O–H groups in total. The highest BCUT2D eigenvalue weighted by molar-refractivity contribution is 5.94. The van der Waals surface area contributed by atoms with E-state index in [9.17, 15) is 4.79 Å². The van der Waals surface area contributed by atoms with Gasteiger partial charge in [0.25, 0.3) is 5.91 Å². The average molecular weight is 262 g/mol. The molecule has 5 heteroatoms. The van der Waals surface area contributed by atoms with Gasteiger partial charge in [0.15, 0.2) is 0 Å². The lowest BCUT2D eigenvalue weighted by molar-refractivity contribution is 0.0632. The van der Waals surface area contributed by atoms with Crippen molar-refractivity contribution in [2.45, 2.75) is 25.8 Å². The van der Waals surface area contributed by atoms with E-state index in [4.69, 9.17) is 5.73 Å². The summed E-state index contributed by atoms with van der Waals surface area (Å²) in [5.41, 5.74) is 7.32. The molecule has 1 saturated heterocycles. The molecule has 1 aliphatic carbocycles. The number of carbonyl (C=O) groups is 1. The Kier molecular flexibility index (Phi) is 3.22. The summed E-state index contributed by atoms with van der Waals surface area (Å²) in [6, 6.07) is 2.32. The van der Waals surface area contributed by atoms with Gasteiger partial charge in [-0.2, -0.15) is 0 Å². The van der Waals surface area contributed by atoms with E-state index in [1.54, 1.807) is 0 Å². The van der Waals surface area contributed by atoms with Gasteiger partial charge in [-0.1, -0.05) is 6.92 Å². The van der Waals surface area contributed by atoms with E-state index in [-0.39, 0.29) is 5.91 Å². The largest absolute Gasteiger partial charge is 0.397 e. The Hall–Kier alpha value is -1.49. The van der Waals surface area contributed by atoms with Crippen molar-refractivity contribution in [3.63, 3.8) is 0 Å². The minimum Gasteiger partial charge on any atom is -0.397 e. The minimum absolute atomic E-state index is 0.138. The first-order valence-corrected chi connectivity index (χ1v) is 7.18. The lowest BCUT2D eigenvalue weighted by atomic mass is 10.2. The van der Waals surface area contributed by atoms with Crippen LogP contribution in [0.25, 0.3) is 0 Å². The van der Waals surface area contributed by atoms with Crippen molar-refractivity contribution in [1.29, 1.82) is 0 Å². The van der Waals surface area contributed by atoms with Crippen LogP contribution in [0.3, 0.4) is 0 Å². The van der Waals surface area contributed by atoms with Gasteiger partial charge in [-0.15, -0.1) is 0 Å². The molecule has 0 aromatic carbocycles. The molecule has 2 heterocycles. The maximum Gasteiger partial charge on any atom is 0.270 e. The minimum atomic E-state index is 0.138. The Morgan fingerprint density at radius 1 is 1.32 bits per heavy atom. The Morgan fingerprint density at radius 3 is 2.58 bits per heavy atom. The number of anilines is 1. The molecule has 0 bridgehead atoms. The van der Waals surface area contributed by atoms with Gasteiger partial charge in [0.1, 0.15) is 5.69 Å². The zero-order chi connectivity index (χ0) is 13.4. The van der Waals surface area contributed by atoms with Crippen LogP contribution < -0.4 is 5.73 Å². The fraction of sp³-hybridized carbons (Fsp3) is 0.643. The molecule has 1 saturated carbocycles. The molecule has 19 heavy (non-hydrogen) atoms. The smallest absolute Gasteiger partial charge is 0.270 e. The molecule has 0 spiro atoms. The number of nitrogen functional groups attached to an aromatic ring is 1. The van der Waals surface area contributed by atoms with E-state index in [2.05, 4.69) is 16.4 Å². The molecule has 2 fully saturated rings. The van der Waals surface area contributed by atoms with Gasteiger partial charge >= 0.3 is 0 Å². The Balaban J connectivity index is 1.73. The number of nitrogens with two attached hydrogens (primary N) is 1. The average Bonchev–Trinajstić information content (AvgIpc) is 3.21. The fourth-order valence-electron chi connectivity index (χ4n) is 2.76. The topological polar surface area (TPSA) is 54.5 Å². The Bertz CT molecular complexity index is 470. The number of nitrogens with zero attached hydrogens (tertiary/aromatic N) is 3. The molecule has 104 valence electrons. The summed E-state index contributed by atoms with van der Waals surface area (Å²) in [5.74, 6) is 0.138. The molecule has 5 nitrogen and oxygen atoms in total. The number of aromatic nitrogens is 1. The number of rotatable bonds is 3. The molecule has 1 amide bonds. The van der Waals surface area contributed by atoms with Crippen molar-refractivity contribution in [1.82, 2.24) is 14.4 Å². The number of carbonyl (C=O) groups excluding carboxylic acids is 1. The van der Waals surface area contributed by atoms with Gasteiger partial charge in [0.05, 0.1) is 5.69 Å². The third kappa shape index (κ3) is 2.47. The number of piperazine rings is 1. The quantitative estimate of drug-likeness (QED) is 0.890. The van der Waals surface area contributed by atoms with Gasteiger partial charge in [-0.05, 0) is 25.5 Å². The van der Waals surface area contributed by atoms with E-state index < -0.39 is 0 Å². The van der Waals surface area contributed by atoms with Crippen LogP contribution in [0.4, 0.5) is 5.69 Å². The van der Waals surface area contributed by atoms with E-state index in [0.717, 1.165) is 51.3 Å². The molecule has 1 aromatic rings. The standard InChI is InChI=1S/C14H22N4O/c1-2-16-5-7-17(8-6-16)14(19)13-9-11(15)10-18(13)12-3-4-12/h9-10,12H,2-8,15H2,1H3. The van der Waals surface area contributed by atoms with Crippen LogP contribution in [0.2, 0.25) is 0 Å². The van der Waals surface area contributed by atoms with Crippen LogP contribution in [0.5, 0.6) is 0 Å². The van der Waals surface area contributed by atoms with Gasteiger partial charge in [-0.25, -0.2) is 0 Å². The summed E-state index contributed by atoms with van der Waals surface area (Å²) in [5, 5.41) is 0. The highest BCUT2D eigenvalue weighted by Gasteiger charge is 2.30. The molecule has 2 aliphatic rings. The number of likely N-dealkylation sites (N-methyl/N-ethyl adjacent to an activating group) is 1. The van der Waals surface area contributed by atoms with Crippen LogP contribution in [0, 0.1) is 0 Å². The molecule has 1 aliphatic heterocycles. The summed E-state index contributed by atoms with van der Waals surface area (Å²) < 4.78 is 2.07. The van der Waals surface area contributed by atoms with Crippen molar-refractivity contribution in [3.8, 4) is 0 Å². The molecule has 3 rings (SSSR count). The third-order valence-corrected chi connectivity index (χ3v) is 4.14. The third-order valence-electron chi connectivity index (χ3n) is 4.14. The molecule has 0 unspecified atom stereocenters. The Morgan fingerprint density at radius 2 is 2.00 bits per heavy atom.